The second kappa shape index (κ2) is 11.9. The molecule has 2 bridgehead atoms. The van der Waals surface area contributed by atoms with Crippen molar-refractivity contribution in [3.63, 3.8) is 0 Å². The van der Waals surface area contributed by atoms with Crippen molar-refractivity contribution in [3.05, 3.63) is 48.5 Å². The zero-order valence-electron chi connectivity index (χ0n) is 28.7. The second-order valence-electron chi connectivity index (χ2n) is 14.3. The first kappa shape index (κ1) is 36.0. The maximum Gasteiger partial charge on any atom is 0.351 e. The zero-order chi connectivity index (χ0) is 36.6. The Kier molecular flexibility index (Phi) is 8.77. The van der Waals surface area contributed by atoms with Gasteiger partial charge in [-0.05, 0) is 38.3 Å². The van der Waals surface area contributed by atoms with E-state index in [1.165, 1.54) is 46.5 Å². The van der Waals surface area contributed by atoms with Crippen LogP contribution in [0, 0.1) is 28.1 Å². The minimum Gasteiger partial charge on any atom is -0.472 e. The fourth-order valence-corrected chi connectivity index (χ4v) is 8.90. The zero-order valence-corrected chi connectivity index (χ0v) is 28.7. The number of rotatable bonds is 7. The van der Waals surface area contributed by atoms with Crippen molar-refractivity contribution < 1.29 is 66.7 Å². The Hall–Kier alpha value is -4.30. The van der Waals surface area contributed by atoms with Gasteiger partial charge in [0.05, 0.1) is 48.9 Å². The number of aliphatic hydroxyl groups is 1. The van der Waals surface area contributed by atoms with Crippen molar-refractivity contribution in [1.82, 2.24) is 0 Å². The molecule has 4 fully saturated rings. The van der Waals surface area contributed by atoms with Crippen LogP contribution >= 0.6 is 0 Å². The van der Waals surface area contributed by atoms with E-state index < -0.39 is 112 Å². The van der Waals surface area contributed by atoms with Crippen molar-refractivity contribution >= 4 is 35.6 Å². The third-order valence-electron chi connectivity index (χ3n) is 11.2. The number of carbonyl (C=O) groups is 6. The van der Waals surface area contributed by atoms with Crippen molar-refractivity contribution in [2.45, 2.75) is 97.1 Å². The van der Waals surface area contributed by atoms with Crippen LogP contribution in [0.4, 0.5) is 0 Å². The van der Waals surface area contributed by atoms with E-state index >= 15 is 4.79 Å². The molecule has 0 amide bonds. The largest absolute Gasteiger partial charge is 0.472 e. The summed E-state index contributed by atoms with van der Waals surface area (Å²) in [6.45, 7) is 17.8. The van der Waals surface area contributed by atoms with Crippen molar-refractivity contribution in [2.75, 3.05) is 7.11 Å². The molecule has 11 atom stereocenters. The van der Waals surface area contributed by atoms with E-state index in [1.54, 1.807) is 13.8 Å². The number of aliphatic hydroxyl groups excluding tert-OH is 1. The molecule has 14 heteroatoms. The summed E-state index contributed by atoms with van der Waals surface area (Å²) in [5, 5.41) is 12.3. The van der Waals surface area contributed by atoms with Gasteiger partial charge in [0.25, 0.3) is 0 Å². The average molecular weight is 687 g/mol. The highest BCUT2D eigenvalue weighted by Crippen LogP contribution is 2.71. The Bertz CT molecular complexity index is 1620. The lowest BCUT2D eigenvalue weighted by Crippen LogP contribution is -2.74. The van der Waals surface area contributed by atoms with Gasteiger partial charge >= 0.3 is 29.8 Å². The summed E-state index contributed by atoms with van der Waals surface area (Å²) in [5.41, 5.74) is -6.98. The normalized spacial score (nSPS) is 39.0. The Morgan fingerprint density at radius 2 is 1.63 bits per heavy atom. The van der Waals surface area contributed by atoms with Gasteiger partial charge < -0.3 is 37.9 Å². The van der Waals surface area contributed by atoms with Crippen LogP contribution in [0.1, 0.15) is 66.6 Å². The van der Waals surface area contributed by atoms with E-state index in [9.17, 15) is 29.1 Å². The van der Waals surface area contributed by atoms with E-state index in [0.29, 0.717) is 5.56 Å². The summed E-state index contributed by atoms with van der Waals surface area (Å²) in [4.78, 5) is 80.9. The molecular formula is C35H42O14. The smallest absolute Gasteiger partial charge is 0.351 e. The first-order valence-corrected chi connectivity index (χ1v) is 15.8. The summed E-state index contributed by atoms with van der Waals surface area (Å²) < 4.78 is 40.7. The fourth-order valence-electron chi connectivity index (χ4n) is 8.90. The molecule has 1 N–H and O–H groups in total. The minimum absolute atomic E-state index is 0.0267. The van der Waals surface area contributed by atoms with Gasteiger partial charge in [0.15, 0.2) is 11.9 Å². The monoisotopic (exact) mass is 686 g/mol. The van der Waals surface area contributed by atoms with E-state index in [2.05, 4.69) is 13.2 Å². The van der Waals surface area contributed by atoms with Crippen LogP contribution in [0.3, 0.4) is 0 Å². The van der Waals surface area contributed by atoms with Gasteiger partial charge in [-0.1, -0.05) is 27.0 Å². The fraction of sp³-hybridized carbons (Fsp3) is 0.600. The Labute approximate surface area is 283 Å². The molecule has 2 aliphatic heterocycles. The summed E-state index contributed by atoms with van der Waals surface area (Å²) in [6.07, 6.45) is -7.21. The van der Waals surface area contributed by atoms with E-state index in [1.807, 2.05) is 0 Å². The number of hydrogen-bond acceptors (Lipinski definition) is 14. The third kappa shape index (κ3) is 4.89. The minimum atomic E-state index is -2.22. The molecule has 2 saturated carbocycles. The average Bonchev–Trinajstić information content (AvgIpc) is 3.59. The molecule has 1 spiro atoms. The van der Waals surface area contributed by atoms with E-state index in [4.69, 9.17) is 32.8 Å². The molecular weight excluding hydrogens is 644 g/mol. The number of ketones is 1. The number of furan rings is 1. The predicted molar refractivity (Wildman–Crippen MR) is 165 cm³/mol. The molecule has 2 saturated heterocycles. The highest BCUT2D eigenvalue weighted by Gasteiger charge is 2.83. The van der Waals surface area contributed by atoms with E-state index in [0.717, 1.165) is 13.8 Å². The first-order chi connectivity index (χ1) is 22.7. The summed E-state index contributed by atoms with van der Waals surface area (Å²) in [6, 6.07) is 1.50. The number of hydrogen-bond donors (Lipinski definition) is 1. The van der Waals surface area contributed by atoms with Crippen molar-refractivity contribution in [3.8, 4) is 0 Å². The third-order valence-corrected chi connectivity index (χ3v) is 11.2. The maximum atomic E-state index is 15.4. The second-order valence-corrected chi connectivity index (χ2v) is 14.3. The molecule has 3 heterocycles. The Morgan fingerprint density at radius 1 is 1.00 bits per heavy atom. The standard InChI is InChI=1S/C35H42O14/c1-15(2)30(41)47-23-27(45-17(4)36)32(6,7)20(13-21(38)43-10)33(8)24(39)22-16(3)35(49-28(23)33)29(46-18(5)37)31(42)48-26(19-11-12-44-14-19)34(35,9)25(22)40/h11-12,14,20,22-23,25-29,40H,1,3,13H2,2,4-10H3. The van der Waals surface area contributed by atoms with Gasteiger partial charge in [0.1, 0.15) is 23.9 Å². The first-order valence-electron chi connectivity index (χ1n) is 15.8. The van der Waals surface area contributed by atoms with Crippen LogP contribution in [0.15, 0.2) is 47.3 Å². The number of carbonyl (C=O) groups excluding carboxylic acids is 6. The number of methoxy groups -OCH3 is 1. The van der Waals surface area contributed by atoms with Crippen LogP contribution in [0.2, 0.25) is 0 Å². The quantitative estimate of drug-likeness (QED) is 0.191. The lowest BCUT2D eigenvalue weighted by atomic mass is 9.49. The molecule has 0 radical (unpaired) electrons. The molecule has 1 aromatic heterocycles. The predicted octanol–water partition coefficient (Wildman–Crippen LogP) is 2.71. The van der Waals surface area contributed by atoms with Crippen molar-refractivity contribution in [2.24, 2.45) is 28.1 Å². The molecule has 14 nitrogen and oxygen atoms in total. The lowest BCUT2D eigenvalue weighted by Gasteiger charge is -2.62. The molecule has 49 heavy (non-hydrogen) atoms. The molecule has 266 valence electrons. The summed E-state index contributed by atoms with van der Waals surface area (Å²) >= 11 is 0. The topological polar surface area (TPSA) is 191 Å². The molecule has 1 aromatic rings. The number of Topliss-reactive ketones (excluding diaryl/α,β-unsaturated/α-hetero) is 1. The Morgan fingerprint density at radius 3 is 2.16 bits per heavy atom. The number of ether oxygens (including phenoxy) is 6. The van der Waals surface area contributed by atoms with Crippen LogP contribution in [0.5, 0.6) is 0 Å². The summed E-state index contributed by atoms with van der Waals surface area (Å²) in [7, 11) is 1.18. The van der Waals surface area contributed by atoms with Gasteiger partial charge in [-0.3, -0.25) is 19.2 Å². The van der Waals surface area contributed by atoms with Gasteiger partial charge in [0, 0.05) is 30.4 Å². The van der Waals surface area contributed by atoms with Crippen molar-refractivity contribution in [1.29, 1.82) is 0 Å². The number of fused-ring (bicyclic) bond motifs is 2. The van der Waals surface area contributed by atoms with Crippen LogP contribution in [-0.2, 0) is 57.2 Å². The van der Waals surface area contributed by atoms with Gasteiger partial charge in [-0.25, -0.2) is 9.59 Å². The van der Waals surface area contributed by atoms with Crippen LogP contribution < -0.4 is 0 Å². The highest BCUT2D eigenvalue weighted by molar-refractivity contribution is 5.95. The molecule has 2 aliphatic carbocycles. The van der Waals surface area contributed by atoms with Crippen LogP contribution in [-0.4, -0.2) is 84.0 Å². The maximum absolute atomic E-state index is 15.4. The Balaban J connectivity index is 1.87. The number of esters is 5. The molecule has 0 aromatic carbocycles. The van der Waals surface area contributed by atoms with E-state index in [-0.39, 0.29) is 11.1 Å². The van der Waals surface area contributed by atoms with Gasteiger partial charge in [0.2, 0.25) is 6.10 Å². The number of cyclic esters (lactones) is 1. The molecule has 5 rings (SSSR count). The lowest BCUT2D eigenvalue weighted by molar-refractivity contribution is -0.316. The molecule has 11 unspecified atom stereocenters. The van der Waals surface area contributed by atoms with Gasteiger partial charge in [-0.15, -0.1) is 0 Å². The summed E-state index contributed by atoms with van der Waals surface area (Å²) in [5.74, 6) is -7.57. The molecule has 4 aliphatic rings. The SMILES string of the molecule is C=C(C)C(=O)OC1C(OC(C)=O)C(C)(C)C(CC(=O)OC)C2(C)C(=O)C3C(=C)C4(OC12)C(OC(C)=O)C(=O)OC(c1ccoc1)C4(C)C3O. The highest BCUT2D eigenvalue weighted by atomic mass is 16.6. The van der Waals surface area contributed by atoms with Crippen LogP contribution in [0.25, 0.3) is 0 Å². The van der Waals surface area contributed by atoms with Gasteiger partial charge in [-0.2, -0.15) is 0 Å².